The molecule has 0 saturated carbocycles. The van der Waals surface area contributed by atoms with Gasteiger partial charge in [-0.15, -0.1) is 0 Å². The molecule has 0 aliphatic rings. The maximum Gasteiger partial charge on any atom is 0.119 e. The summed E-state index contributed by atoms with van der Waals surface area (Å²) >= 11 is 0. The van der Waals surface area contributed by atoms with Crippen molar-refractivity contribution in [1.29, 1.82) is 0 Å². The molecule has 96 valence electrons. The highest BCUT2D eigenvalue weighted by Gasteiger charge is 1.98. The van der Waals surface area contributed by atoms with Crippen molar-refractivity contribution in [3.8, 4) is 5.75 Å². The van der Waals surface area contributed by atoms with E-state index in [1.165, 1.54) is 0 Å². The highest BCUT2D eigenvalue weighted by Crippen LogP contribution is 2.12. The third-order valence-corrected chi connectivity index (χ3v) is 2.85. The molecule has 0 unspecified atom stereocenters. The second-order valence-corrected chi connectivity index (χ2v) is 4.13. The van der Waals surface area contributed by atoms with Gasteiger partial charge in [0.1, 0.15) is 18.2 Å². The zero-order chi connectivity index (χ0) is 12.8. The molecule has 0 spiro atoms. The van der Waals surface area contributed by atoms with E-state index in [2.05, 4.69) is 9.55 Å². The van der Waals surface area contributed by atoms with Gasteiger partial charge in [0, 0.05) is 19.0 Å². The molecule has 0 amide bonds. The SMILES string of the molecule is Cc1nccn1CCOc1ccc(CCO)cc1. The number of ether oxygens (including phenoxy) is 1. The number of aliphatic hydroxyl groups is 1. The number of aliphatic hydroxyl groups excluding tert-OH is 1. The van der Waals surface area contributed by atoms with E-state index in [4.69, 9.17) is 9.84 Å². The van der Waals surface area contributed by atoms with E-state index in [9.17, 15) is 0 Å². The number of nitrogens with zero attached hydrogens (tertiary/aromatic N) is 2. The van der Waals surface area contributed by atoms with E-state index in [-0.39, 0.29) is 6.61 Å². The van der Waals surface area contributed by atoms with E-state index in [0.717, 1.165) is 23.7 Å². The van der Waals surface area contributed by atoms with Crippen LogP contribution in [0.15, 0.2) is 36.7 Å². The molecule has 1 heterocycles. The Labute approximate surface area is 107 Å². The van der Waals surface area contributed by atoms with Gasteiger partial charge in [0.25, 0.3) is 0 Å². The van der Waals surface area contributed by atoms with Gasteiger partial charge in [-0.3, -0.25) is 0 Å². The van der Waals surface area contributed by atoms with Gasteiger partial charge in [-0.2, -0.15) is 0 Å². The summed E-state index contributed by atoms with van der Waals surface area (Å²) in [6, 6.07) is 7.83. The Morgan fingerprint density at radius 2 is 2.06 bits per heavy atom. The largest absolute Gasteiger partial charge is 0.492 e. The molecule has 2 aromatic rings. The lowest BCUT2D eigenvalue weighted by Gasteiger charge is -2.08. The third kappa shape index (κ3) is 3.34. The molecule has 0 atom stereocenters. The van der Waals surface area contributed by atoms with Crippen molar-refractivity contribution in [2.24, 2.45) is 0 Å². The lowest BCUT2D eigenvalue weighted by atomic mass is 10.1. The fourth-order valence-electron chi connectivity index (χ4n) is 1.78. The highest BCUT2D eigenvalue weighted by molar-refractivity contribution is 5.27. The van der Waals surface area contributed by atoms with Gasteiger partial charge in [0.05, 0.1) is 6.54 Å². The average Bonchev–Trinajstić information content (AvgIpc) is 2.78. The van der Waals surface area contributed by atoms with Gasteiger partial charge < -0.3 is 14.4 Å². The highest BCUT2D eigenvalue weighted by atomic mass is 16.5. The van der Waals surface area contributed by atoms with Crippen LogP contribution in [0.1, 0.15) is 11.4 Å². The molecule has 0 bridgehead atoms. The number of rotatable bonds is 6. The molecule has 1 N–H and O–H groups in total. The predicted molar refractivity (Wildman–Crippen MR) is 69.7 cm³/mol. The van der Waals surface area contributed by atoms with Gasteiger partial charge in [-0.1, -0.05) is 12.1 Å². The van der Waals surface area contributed by atoms with Crippen LogP contribution in [0.3, 0.4) is 0 Å². The Hall–Kier alpha value is -1.81. The van der Waals surface area contributed by atoms with E-state index >= 15 is 0 Å². The number of aromatic nitrogens is 2. The van der Waals surface area contributed by atoms with Crippen molar-refractivity contribution in [3.05, 3.63) is 48.0 Å². The van der Waals surface area contributed by atoms with Crippen LogP contribution < -0.4 is 4.74 Å². The Kier molecular flexibility index (Phi) is 4.36. The minimum atomic E-state index is 0.181. The molecular formula is C14H18N2O2. The van der Waals surface area contributed by atoms with Crippen molar-refractivity contribution in [2.45, 2.75) is 19.9 Å². The Morgan fingerprint density at radius 1 is 1.28 bits per heavy atom. The summed E-state index contributed by atoms with van der Waals surface area (Å²) in [5.41, 5.74) is 1.12. The molecule has 4 heteroatoms. The first-order chi connectivity index (χ1) is 8.79. The van der Waals surface area contributed by atoms with Gasteiger partial charge in [-0.05, 0) is 31.0 Å². The van der Waals surface area contributed by atoms with Crippen LogP contribution in [0.4, 0.5) is 0 Å². The smallest absolute Gasteiger partial charge is 0.119 e. The van der Waals surface area contributed by atoms with Crippen LogP contribution in [0, 0.1) is 6.92 Å². The summed E-state index contributed by atoms with van der Waals surface area (Å²) < 4.78 is 7.71. The van der Waals surface area contributed by atoms with E-state index in [1.807, 2.05) is 37.4 Å². The molecular weight excluding hydrogens is 228 g/mol. The van der Waals surface area contributed by atoms with Crippen molar-refractivity contribution < 1.29 is 9.84 Å². The predicted octanol–water partition coefficient (Wildman–Crippen LogP) is 1.81. The quantitative estimate of drug-likeness (QED) is 0.845. The van der Waals surface area contributed by atoms with Crippen LogP contribution in [0.5, 0.6) is 5.75 Å². The number of imidazole rings is 1. The molecule has 0 saturated heterocycles. The standard InChI is InChI=1S/C14H18N2O2/c1-12-15-7-8-16(12)9-11-18-14-4-2-13(3-5-14)6-10-17/h2-5,7-8,17H,6,9-11H2,1H3. The van der Waals surface area contributed by atoms with Crippen LogP contribution in [0.25, 0.3) is 0 Å². The topological polar surface area (TPSA) is 47.3 Å². The molecule has 18 heavy (non-hydrogen) atoms. The van der Waals surface area contributed by atoms with Crippen LogP contribution in [-0.2, 0) is 13.0 Å². The summed E-state index contributed by atoms with van der Waals surface area (Å²) in [5, 5.41) is 8.82. The zero-order valence-electron chi connectivity index (χ0n) is 10.5. The zero-order valence-corrected chi connectivity index (χ0v) is 10.5. The molecule has 4 nitrogen and oxygen atoms in total. The van der Waals surface area contributed by atoms with Crippen molar-refractivity contribution in [1.82, 2.24) is 9.55 Å². The maximum absolute atomic E-state index is 8.82. The molecule has 0 fully saturated rings. The van der Waals surface area contributed by atoms with Gasteiger partial charge in [0.2, 0.25) is 0 Å². The second-order valence-electron chi connectivity index (χ2n) is 4.13. The summed E-state index contributed by atoms with van der Waals surface area (Å²) in [5.74, 6) is 1.85. The molecule has 0 radical (unpaired) electrons. The first kappa shape index (κ1) is 12.6. The van der Waals surface area contributed by atoms with Crippen LogP contribution in [-0.4, -0.2) is 27.9 Å². The van der Waals surface area contributed by atoms with Crippen molar-refractivity contribution in [2.75, 3.05) is 13.2 Å². The molecule has 2 rings (SSSR count). The Morgan fingerprint density at radius 3 is 2.67 bits per heavy atom. The molecule has 1 aromatic heterocycles. The number of aryl methyl sites for hydroxylation is 1. The minimum absolute atomic E-state index is 0.181. The van der Waals surface area contributed by atoms with Crippen molar-refractivity contribution in [3.63, 3.8) is 0 Å². The van der Waals surface area contributed by atoms with E-state index in [0.29, 0.717) is 13.0 Å². The monoisotopic (exact) mass is 246 g/mol. The van der Waals surface area contributed by atoms with Gasteiger partial charge in [-0.25, -0.2) is 4.98 Å². The summed E-state index contributed by atoms with van der Waals surface area (Å²) in [4.78, 5) is 4.16. The number of hydrogen-bond acceptors (Lipinski definition) is 3. The summed E-state index contributed by atoms with van der Waals surface area (Å²) in [6.45, 7) is 3.57. The van der Waals surface area contributed by atoms with Crippen LogP contribution >= 0.6 is 0 Å². The normalized spacial score (nSPS) is 10.6. The lowest BCUT2D eigenvalue weighted by molar-refractivity contribution is 0.295. The fourth-order valence-corrected chi connectivity index (χ4v) is 1.78. The second kappa shape index (κ2) is 6.21. The minimum Gasteiger partial charge on any atom is -0.492 e. The summed E-state index contributed by atoms with van der Waals surface area (Å²) in [7, 11) is 0. The van der Waals surface area contributed by atoms with Crippen LogP contribution in [0.2, 0.25) is 0 Å². The lowest BCUT2D eigenvalue weighted by Crippen LogP contribution is -2.08. The Balaban J connectivity index is 1.81. The van der Waals surface area contributed by atoms with E-state index < -0.39 is 0 Å². The molecule has 1 aromatic carbocycles. The molecule has 0 aliphatic heterocycles. The first-order valence-electron chi connectivity index (χ1n) is 6.10. The number of hydrogen-bond donors (Lipinski definition) is 1. The summed E-state index contributed by atoms with van der Waals surface area (Å²) in [6.07, 6.45) is 4.43. The Bertz CT molecular complexity index is 477. The number of benzene rings is 1. The maximum atomic E-state index is 8.82. The average molecular weight is 246 g/mol. The molecule has 0 aliphatic carbocycles. The van der Waals surface area contributed by atoms with Crippen molar-refractivity contribution >= 4 is 0 Å². The first-order valence-corrected chi connectivity index (χ1v) is 6.10. The van der Waals surface area contributed by atoms with Gasteiger partial charge >= 0.3 is 0 Å². The third-order valence-electron chi connectivity index (χ3n) is 2.85. The van der Waals surface area contributed by atoms with Gasteiger partial charge in [0.15, 0.2) is 0 Å². The fraction of sp³-hybridized carbons (Fsp3) is 0.357. The van der Waals surface area contributed by atoms with E-state index in [1.54, 1.807) is 6.20 Å².